The number of rotatable bonds is 6. The van der Waals surface area contributed by atoms with Gasteiger partial charge in [-0.15, -0.1) is 0 Å². The molecule has 94 valence electrons. The summed E-state index contributed by atoms with van der Waals surface area (Å²) in [4.78, 5) is 12.7. The van der Waals surface area contributed by atoms with Gasteiger partial charge in [-0.05, 0) is 38.2 Å². The van der Waals surface area contributed by atoms with Gasteiger partial charge in [-0.3, -0.25) is 4.79 Å². The van der Waals surface area contributed by atoms with E-state index in [1.54, 1.807) is 7.11 Å². The van der Waals surface area contributed by atoms with E-state index in [1.807, 2.05) is 43.3 Å². The summed E-state index contributed by atoms with van der Waals surface area (Å²) >= 11 is 0. The second-order valence-corrected chi connectivity index (χ2v) is 4.27. The molecule has 0 amide bonds. The third-order valence-electron chi connectivity index (χ3n) is 2.75. The van der Waals surface area contributed by atoms with Crippen molar-refractivity contribution in [1.82, 2.24) is 4.90 Å². The SMILES string of the molecule is COc1cccc(CC(CC(=O)O)N(C)C)c1. The Morgan fingerprint density at radius 3 is 2.71 bits per heavy atom. The number of ether oxygens (including phenoxy) is 1. The molecule has 1 atom stereocenters. The van der Waals surface area contributed by atoms with Crippen molar-refractivity contribution >= 4 is 5.97 Å². The Balaban J connectivity index is 2.74. The Kier molecular flexibility index (Phi) is 4.97. The van der Waals surface area contributed by atoms with E-state index in [-0.39, 0.29) is 12.5 Å². The first-order valence-corrected chi connectivity index (χ1v) is 5.54. The normalized spacial score (nSPS) is 12.5. The average molecular weight is 237 g/mol. The molecule has 0 aliphatic heterocycles. The van der Waals surface area contributed by atoms with E-state index < -0.39 is 5.97 Å². The van der Waals surface area contributed by atoms with Gasteiger partial charge in [-0.2, -0.15) is 0 Å². The minimum Gasteiger partial charge on any atom is -0.497 e. The van der Waals surface area contributed by atoms with Crippen LogP contribution in [-0.2, 0) is 11.2 Å². The summed E-state index contributed by atoms with van der Waals surface area (Å²) in [5.41, 5.74) is 1.09. The minimum atomic E-state index is -0.772. The van der Waals surface area contributed by atoms with E-state index in [4.69, 9.17) is 9.84 Å². The lowest BCUT2D eigenvalue weighted by atomic mass is 10.0. The Bertz CT molecular complexity index is 377. The van der Waals surface area contributed by atoms with Crippen LogP contribution in [0.1, 0.15) is 12.0 Å². The Morgan fingerprint density at radius 1 is 1.47 bits per heavy atom. The maximum absolute atomic E-state index is 10.8. The van der Waals surface area contributed by atoms with E-state index in [0.717, 1.165) is 11.3 Å². The molecule has 0 aliphatic rings. The number of carboxylic acid groups (broad SMARTS) is 1. The van der Waals surface area contributed by atoms with Crippen LogP contribution < -0.4 is 4.74 Å². The van der Waals surface area contributed by atoms with Crippen LogP contribution >= 0.6 is 0 Å². The molecule has 1 aromatic carbocycles. The zero-order valence-corrected chi connectivity index (χ0v) is 10.5. The highest BCUT2D eigenvalue weighted by Crippen LogP contribution is 2.16. The Labute approximate surface area is 102 Å². The summed E-state index contributed by atoms with van der Waals surface area (Å²) in [5.74, 6) is 0.0296. The van der Waals surface area contributed by atoms with Gasteiger partial charge in [0.05, 0.1) is 13.5 Å². The maximum Gasteiger partial charge on any atom is 0.304 e. The van der Waals surface area contributed by atoms with Crippen LogP contribution in [0.4, 0.5) is 0 Å². The first kappa shape index (κ1) is 13.5. The molecule has 0 spiro atoms. The fraction of sp³-hybridized carbons (Fsp3) is 0.462. The van der Waals surface area contributed by atoms with E-state index in [9.17, 15) is 4.79 Å². The highest BCUT2D eigenvalue weighted by atomic mass is 16.5. The molecule has 0 bridgehead atoms. The third-order valence-corrected chi connectivity index (χ3v) is 2.75. The standard InChI is InChI=1S/C13H19NO3/c1-14(2)11(9-13(15)16)7-10-5-4-6-12(8-10)17-3/h4-6,8,11H,7,9H2,1-3H3,(H,15,16). The van der Waals surface area contributed by atoms with Crippen molar-refractivity contribution < 1.29 is 14.6 Å². The van der Waals surface area contributed by atoms with Crippen LogP contribution in [0.5, 0.6) is 5.75 Å². The fourth-order valence-corrected chi connectivity index (χ4v) is 1.71. The molecule has 0 radical (unpaired) electrons. The van der Waals surface area contributed by atoms with Crippen molar-refractivity contribution in [3.05, 3.63) is 29.8 Å². The summed E-state index contributed by atoms with van der Waals surface area (Å²) < 4.78 is 5.15. The maximum atomic E-state index is 10.8. The van der Waals surface area contributed by atoms with Gasteiger partial charge in [0.2, 0.25) is 0 Å². The van der Waals surface area contributed by atoms with Gasteiger partial charge < -0.3 is 14.7 Å². The second-order valence-electron chi connectivity index (χ2n) is 4.27. The van der Waals surface area contributed by atoms with Crippen molar-refractivity contribution in [3.63, 3.8) is 0 Å². The molecule has 0 saturated carbocycles. The molecule has 4 nitrogen and oxygen atoms in total. The summed E-state index contributed by atoms with van der Waals surface area (Å²) in [5, 5.41) is 8.86. The van der Waals surface area contributed by atoms with Crippen LogP contribution in [0.3, 0.4) is 0 Å². The van der Waals surface area contributed by atoms with Crippen molar-refractivity contribution in [2.75, 3.05) is 21.2 Å². The van der Waals surface area contributed by atoms with E-state index >= 15 is 0 Å². The second kappa shape index (κ2) is 6.25. The molecule has 0 saturated heterocycles. The number of carbonyl (C=O) groups is 1. The lowest BCUT2D eigenvalue weighted by Gasteiger charge is -2.22. The first-order valence-electron chi connectivity index (χ1n) is 5.54. The average Bonchev–Trinajstić information content (AvgIpc) is 2.27. The summed E-state index contributed by atoms with van der Waals surface area (Å²) in [6.45, 7) is 0. The topological polar surface area (TPSA) is 49.8 Å². The lowest BCUT2D eigenvalue weighted by Crippen LogP contribution is -2.32. The summed E-state index contributed by atoms with van der Waals surface area (Å²) in [6.07, 6.45) is 0.848. The Morgan fingerprint density at radius 2 is 2.18 bits per heavy atom. The molecule has 0 aromatic heterocycles. The zero-order chi connectivity index (χ0) is 12.8. The van der Waals surface area contributed by atoms with Crippen molar-refractivity contribution in [1.29, 1.82) is 0 Å². The smallest absolute Gasteiger partial charge is 0.304 e. The van der Waals surface area contributed by atoms with Gasteiger partial charge in [-0.1, -0.05) is 12.1 Å². The third kappa shape index (κ3) is 4.44. The molecule has 0 aliphatic carbocycles. The fourth-order valence-electron chi connectivity index (χ4n) is 1.71. The first-order chi connectivity index (χ1) is 8.02. The van der Waals surface area contributed by atoms with Crippen LogP contribution in [0.15, 0.2) is 24.3 Å². The highest BCUT2D eigenvalue weighted by Gasteiger charge is 2.16. The predicted octanol–water partition coefficient (Wildman–Crippen LogP) is 1.64. The molecule has 1 N–H and O–H groups in total. The van der Waals surface area contributed by atoms with Gasteiger partial charge in [0, 0.05) is 6.04 Å². The number of nitrogens with zero attached hydrogens (tertiary/aromatic N) is 1. The van der Waals surface area contributed by atoms with E-state index in [1.165, 1.54) is 0 Å². The largest absolute Gasteiger partial charge is 0.497 e. The molecule has 1 rings (SSSR count). The summed E-state index contributed by atoms with van der Waals surface area (Å²) in [6, 6.07) is 7.73. The van der Waals surface area contributed by atoms with E-state index in [0.29, 0.717) is 6.42 Å². The molecular weight excluding hydrogens is 218 g/mol. The zero-order valence-electron chi connectivity index (χ0n) is 10.5. The summed E-state index contributed by atoms with van der Waals surface area (Å²) in [7, 11) is 5.42. The van der Waals surface area contributed by atoms with Gasteiger partial charge >= 0.3 is 5.97 Å². The molecule has 0 heterocycles. The van der Waals surface area contributed by atoms with Gasteiger partial charge in [0.1, 0.15) is 5.75 Å². The quantitative estimate of drug-likeness (QED) is 0.817. The molecule has 4 heteroatoms. The van der Waals surface area contributed by atoms with Crippen LogP contribution in [0.25, 0.3) is 0 Å². The predicted molar refractivity (Wildman–Crippen MR) is 66.4 cm³/mol. The van der Waals surface area contributed by atoms with Crippen LogP contribution in [0, 0.1) is 0 Å². The number of methoxy groups -OCH3 is 1. The molecule has 0 fully saturated rings. The number of likely N-dealkylation sites (N-methyl/N-ethyl adjacent to an activating group) is 1. The molecule has 17 heavy (non-hydrogen) atoms. The van der Waals surface area contributed by atoms with Crippen molar-refractivity contribution in [3.8, 4) is 5.75 Å². The number of benzene rings is 1. The number of carboxylic acids is 1. The van der Waals surface area contributed by atoms with Gasteiger partial charge in [-0.25, -0.2) is 0 Å². The molecule has 1 unspecified atom stereocenters. The van der Waals surface area contributed by atoms with Crippen LogP contribution in [-0.4, -0.2) is 43.2 Å². The highest BCUT2D eigenvalue weighted by molar-refractivity contribution is 5.67. The van der Waals surface area contributed by atoms with Gasteiger partial charge in [0.15, 0.2) is 0 Å². The monoisotopic (exact) mass is 237 g/mol. The Hall–Kier alpha value is -1.55. The van der Waals surface area contributed by atoms with Crippen LogP contribution in [0.2, 0.25) is 0 Å². The minimum absolute atomic E-state index is 0.000365. The van der Waals surface area contributed by atoms with Crippen molar-refractivity contribution in [2.45, 2.75) is 18.9 Å². The number of hydrogen-bond donors (Lipinski definition) is 1. The lowest BCUT2D eigenvalue weighted by molar-refractivity contribution is -0.138. The molecule has 1 aromatic rings. The van der Waals surface area contributed by atoms with E-state index in [2.05, 4.69) is 0 Å². The number of hydrogen-bond acceptors (Lipinski definition) is 3. The molecular formula is C13H19NO3. The van der Waals surface area contributed by atoms with Crippen molar-refractivity contribution in [2.24, 2.45) is 0 Å². The van der Waals surface area contributed by atoms with Gasteiger partial charge in [0.25, 0.3) is 0 Å². The number of aliphatic carboxylic acids is 1.